The summed E-state index contributed by atoms with van der Waals surface area (Å²) in [6.07, 6.45) is -4.82. The van der Waals surface area contributed by atoms with E-state index in [1.807, 2.05) is 0 Å². The highest BCUT2D eigenvalue weighted by molar-refractivity contribution is 14.1. The van der Waals surface area contributed by atoms with E-state index >= 15 is 0 Å². The zero-order chi connectivity index (χ0) is 11.6. The molecule has 84 valence electrons. The maximum atomic E-state index is 11.8. The molecule has 0 unspecified atom stereocenters. The van der Waals surface area contributed by atoms with Crippen LogP contribution in [0.1, 0.15) is 0 Å². The third-order valence-electron chi connectivity index (χ3n) is 1.33. The zero-order valence-electron chi connectivity index (χ0n) is 7.30. The third kappa shape index (κ3) is 3.29. The largest absolute Gasteiger partial charge is 0.574 e. The molecule has 0 radical (unpaired) electrons. The van der Waals surface area contributed by atoms with Crippen LogP contribution in [0.2, 0.25) is 0 Å². The molecule has 0 spiro atoms. The van der Waals surface area contributed by atoms with Crippen molar-refractivity contribution in [1.29, 1.82) is 0 Å². The maximum Gasteiger partial charge on any atom is 0.574 e. The van der Waals surface area contributed by atoms with E-state index in [9.17, 15) is 18.3 Å². The normalized spacial score (nSPS) is 11.3. The monoisotopic (exact) mass is 335 g/mol. The van der Waals surface area contributed by atoms with Crippen molar-refractivity contribution in [2.24, 2.45) is 0 Å². The van der Waals surface area contributed by atoms with Gasteiger partial charge in [0, 0.05) is 6.07 Å². The number of aromatic hydroxyl groups is 1. The summed E-state index contributed by atoms with van der Waals surface area (Å²) in [4.78, 5) is 3.38. The average molecular weight is 335 g/mol. The summed E-state index contributed by atoms with van der Waals surface area (Å²) in [6.45, 7) is 0. The van der Waals surface area contributed by atoms with E-state index in [1.54, 1.807) is 22.6 Å². The van der Waals surface area contributed by atoms with Crippen LogP contribution in [0.3, 0.4) is 0 Å². The minimum Gasteiger partial charge on any atom is -0.502 e. The fourth-order valence-electron chi connectivity index (χ4n) is 0.791. The molecule has 0 aromatic carbocycles. The molecule has 1 rings (SSSR count). The SMILES string of the molecule is COc1cc(OC(F)(F)F)nc(I)c1O. The first kappa shape index (κ1) is 12.1. The van der Waals surface area contributed by atoms with Crippen LogP contribution >= 0.6 is 22.6 Å². The van der Waals surface area contributed by atoms with Crippen molar-refractivity contribution in [2.75, 3.05) is 7.11 Å². The van der Waals surface area contributed by atoms with Crippen molar-refractivity contribution in [2.45, 2.75) is 6.36 Å². The smallest absolute Gasteiger partial charge is 0.502 e. The van der Waals surface area contributed by atoms with Gasteiger partial charge in [-0.25, -0.2) is 4.98 Å². The van der Waals surface area contributed by atoms with E-state index < -0.39 is 12.2 Å². The molecule has 0 aliphatic rings. The highest BCUT2D eigenvalue weighted by Gasteiger charge is 2.32. The molecule has 0 aliphatic heterocycles. The summed E-state index contributed by atoms with van der Waals surface area (Å²) in [5.41, 5.74) is 0. The van der Waals surface area contributed by atoms with Gasteiger partial charge in [-0.3, -0.25) is 0 Å². The highest BCUT2D eigenvalue weighted by atomic mass is 127. The van der Waals surface area contributed by atoms with E-state index in [1.165, 1.54) is 7.11 Å². The van der Waals surface area contributed by atoms with Crippen LogP contribution in [0.15, 0.2) is 6.07 Å². The Balaban J connectivity index is 3.06. The summed E-state index contributed by atoms with van der Waals surface area (Å²) in [5.74, 6) is -1.14. The summed E-state index contributed by atoms with van der Waals surface area (Å²) in [7, 11) is 1.21. The Morgan fingerprint density at radius 2 is 2.07 bits per heavy atom. The quantitative estimate of drug-likeness (QED) is 0.666. The van der Waals surface area contributed by atoms with Gasteiger partial charge in [-0.05, 0) is 22.6 Å². The zero-order valence-corrected chi connectivity index (χ0v) is 9.46. The van der Waals surface area contributed by atoms with E-state index in [-0.39, 0.29) is 15.2 Å². The summed E-state index contributed by atoms with van der Waals surface area (Å²) < 4.78 is 43.7. The number of halogens is 4. The number of hydrogen-bond acceptors (Lipinski definition) is 4. The van der Waals surface area contributed by atoms with Gasteiger partial charge in [0.2, 0.25) is 5.88 Å². The summed E-state index contributed by atoms with van der Waals surface area (Å²) in [6, 6.07) is 0.852. The molecule has 1 N–H and O–H groups in total. The van der Waals surface area contributed by atoms with Gasteiger partial charge in [-0.2, -0.15) is 0 Å². The molecule has 8 heteroatoms. The van der Waals surface area contributed by atoms with Crippen molar-refractivity contribution >= 4 is 22.6 Å². The van der Waals surface area contributed by atoms with Crippen LogP contribution in [0.25, 0.3) is 0 Å². The Bertz CT molecular complexity index is 369. The summed E-state index contributed by atoms with van der Waals surface area (Å²) in [5, 5.41) is 9.29. The number of methoxy groups -OCH3 is 1. The lowest BCUT2D eigenvalue weighted by atomic mass is 10.4. The van der Waals surface area contributed by atoms with E-state index in [0.717, 1.165) is 6.07 Å². The van der Waals surface area contributed by atoms with Gasteiger partial charge in [0.15, 0.2) is 15.2 Å². The van der Waals surface area contributed by atoms with Crippen LogP contribution in [0.5, 0.6) is 17.4 Å². The third-order valence-corrected chi connectivity index (χ3v) is 2.08. The number of rotatable bonds is 2. The molecule has 0 saturated heterocycles. The van der Waals surface area contributed by atoms with Crippen LogP contribution < -0.4 is 9.47 Å². The molecule has 0 amide bonds. The number of alkyl halides is 3. The predicted molar refractivity (Wildman–Crippen MR) is 51.9 cm³/mol. The second kappa shape index (κ2) is 4.29. The Morgan fingerprint density at radius 1 is 1.47 bits per heavy atom. The molecular weight excluding hydrogens is 330 g/mol. The predicted octanol–water partition coefficient (Wildman–Crippen LogP) is 2.30. The second-order valence-electron chi connectivity index (χ2n) is 2.35. The standard InChI is InChI=1S/C7H5F3INO3/c1-14-3-2-4(15-7(8,9)10)12-6(11)5(3)13/h2,13H,1H3. The van der Waals surface area contributed by atoms with Gasteiger partial charge < -0.3 is 14.6 Å². The molecule has 0 fully saturated rings. The molecule has 1 aromatic heterocycles. The minimum atomic E-state index is -4.82. The molecule has 15 heavy (non-hydrogen) atoms. The Morgan fingerprint density at radius 3 is 2.53 bits per heavy atom. The van der Waals surface area contributed by atoms with Crippen molar-refractivity contribution in [3.63, 3.8) is 0 Å². The first-order valence-corrected chi connectivity index (χ1v) is 4.60. The molecule has 4 nitrogen and oxygen atoms in total. The molecule has 1 aromatic rings. The first-order chi connectivity index (χ1) is 6.83. The summed E-state index contributed by atoms with van der Waals surface area (Å²) >= 11 is 1.56. The van der Waals surface area contributed by atoms with Gasteiger partial charge in [0.25, 0.3) is 0 Å². The number of pyridine rings is 1. The lowest BCUT2D eigenvalue weighted by molar-refractivity contribution is -0.276. The Labute approximate surface area is 96.2 Å². The second-order valence-corrected chi connectivity index (χ2v) is 3.37. The Hall–Kier alpha value is -0.930. The minimum absolute atomic E-state index is 0.0359. The number of aromatic nitrogens is 1. The van der Waals surface area contributed by atoms with Crippen LogP contribution in [0.4, 0.5) is 13.2 Å². The fourth-order valence-corrected chi connectivity index (χ4v) is 1.29. The van der Waals surface area contributed by atoms with E-state index in [4.69, 9.17) is 0 Å². The lowest BCUT2D eigenvalue weighted by Crippen LogP contribution is -2.18. The molecule has 1 heterocycles. The van der Waals surface area contributed by atoms with Crippen molar-refractivity contribution < 1.29 is 27.8 Å². The van der Waals surface area contributed by atoms with Gasteiger partial charge in [-0.15, -0.1) is 13.2 Å². The lowest BCUT2D eigenvalue weighted by Gasteiger charge is -2.10. The van der Waals surface area contributed by atoms with Crippen LogP contribution in [-0.4, -0.2) is 23.6 Å². The van der Waals surface area contributed by atoms with E-state index in [2.05, 4.69) is 14.5 Å². The van der Waals surface area contributed by atoms with Gasteiger partial charge >= 0.3 is 6.36 Å². The Kier molecular flexibility index (Phi) is 3.47. The van der Waals surface area contributed by atoms with Crippen molar-refractivity contribution in [1.82, 2.24) is 4.98 Å². The van der Waals surface area contributed by atoms with E-state index in [0.29, 0.717) is 0 Å². The van der Waals surface area contributed by atoms with Gasteiger partial charge in [-0.1, -0.05) is 0 Å². The molecule has 0 aliphatic carbocycles. The van der Waals surface area contributed by atoms with Crippen LogP contribution in [0, 0.1) is 3.70 Å². The van der Waals surface area contributed by atoms with Crippen molar-refractivity contribution in [3.8, 4) is 17.4 Å². The molecule has 0 saturated carbocycles. The fraction of sp³-hybridized carbons (Fsp3) is 0.286. The first-order valence-electron chi connectivity index (χ1n) is 3.52. The van der Waals surface area contributed by atoms with Gasteiger partial charge in [0.05, 0.1) is 7.11 Å². The van der Waals surface area contributed by atoms with Crippen molar-refractivity contribution in [3.05, 3.63) is 9.77 Å². The number of nitrogens with zero attached hydrogens (tertiary/aromatic N) is 1. The average Bonchev–Trinajstić information content (AvgIpc) is 2.08. The highest BCUT2D eigenvalue weighted by Crippen LogP contribution is 2.34. The number of hydrogen-bond donors (Lipinski definition) is 1. The molecule has 0 atom stereocenters. The number of ether oxygens (including phenoxy) is 2. The van der Waals surface area contributed by atoms with Crippen LogP contribution in [-0.2, 0) is 0 Å². The maximum absolute atomic E-state index is 11.8. The van der Waals surface area contributed by atoms with Gasteiger partial charge in [0.1, 0.15) is 0 Å². The topological polar surface area (TPSA) is 51.6 Å². The molecule has 0 bridgehead atoms. The molecular formula is C7H5F3INO3.